The average molecular weight is 576 g/mol. The van der Waals surface area contributed by atoms with Crippen molar-refractivity contribution in [1.82, 2.24) is 4.31 Å². The summed E-state index contributed by atoms with van der Waals surface area (Å²) in [7, 11) is -4.48. The Morgan fingerprint density at radius 1 is 0.975 bits per heavy atom. The van der Waals surface area contributed by atoms with Gasteiger partial charge in [-0.05, 0) is 70.9 Å². The molecular weight excluding hydrogens is 543 g/mol. The summed E-state index contributed by atoms with van der Waals surface area (Å²) in [5, 5.41) is 0. The molecule has 1 heterocycles. The molecule has 0 aromatic heterocycles. The van der Waals surface area contributed by atoms with Crippen molar-refractivity contribution in [1.29, 1.82) is 0 Å². The lowest BCUT2D eigenvalue weighted by atomic mass is 9.66. The number of carbonyl (C=O) groups is 2. The molecule has 1 aliphatic carbocycles. The van der Waals surface area contributed by atoms with E-state index in [1.54, 1.807) is 64.1 Å². The van der Waals surface area contributed by atoms with E-state index in [-0.39, 0.29) is 16.9 Å². The van der Waals surface area contributed by atoms with E-state index in [0.29, 0.717) is 0 Å². The Balaban J connectivity index is 2.05. The first-order chi connectivity index (χ1) is 18.5. The van der Waals surface area contributed by atoms with Gasteiger partial charge in [0.25, 0.3) is 0 Å². The monoisotopic (exact) mass is 575 g/mol. The molecule has 0 N–H and O–H groups in total. The van der Waals surface area contributed by atoms with E-state index in [4.69, 9.17) is 4.74 Å². The van der Waals surface area contributed by atoms with Gasteiger partial charge in [0.2, 0.25) is 10.0 Å². The average Bonchev–Trinajstić information content (AvgIpc) is 2.98. The molecule has 4 atom stereocenters. The number of nitrogens with zero attached hydrogens (tertiary/aromatic N) is 1. The van der Waals surface area contributed by atoms with E-state index in [9.17, 15) is 31.2 Å². The number of carbonyl (C=O) groups excluding carboxylic acids is 2. The fraction of sp³-hybridized carbons (Fsp3) is 0.400. The third-order valence-electron chi connectivity index (χ3n) is 7.39. The van der Waals surface area contributed by atoms with Crippen LogP contribution in [0.25, 0.3) is 0 Å². The highest BCUT2D eigenvalue weighted by Gasteiger charge is 2.66. The first-order valence-corrected chi connectivity index (χ1v) is 14.3. The van der Waals surface area contributed by atoms with E-state index in [2.05, 4.69) is 0 Å². The van der Waals surface area contributed by atoms with Crippen molar-refractivity contribution >= 4 is 21.8 Å². The fourth-order valence-corrected chi connectivity index (χ4v) is 7.50. The van der Waals surface area contributed by atoms with Crippen LogP contribution in [0.5, 0.6) is 0 Å². The Labute approximate surface area is 232 Å². The van der Waals surface area contributed by atoms with Crippen LogP contribution in [-0.2, 0) is 30.5 Å². The number of Topliss-reactive ketones (excluding diaryl/α,β-unsaturated/α-hetero) is 1. The number of sulfonamides is 1. The molecule has 2 aromatic carbocycles. The summed E-state index contributed by atoms with van der Waals surface area (Å²) in [5.41, 5.74) is -2.50. The second-order valence-corrected chi connectivity index (χ2v) is 13.1. The minimum Gasteiger partial charge on any atom is -0.459 e. The molecule has 1 fully saturated rings. The highest BCUT2D eigenvalue weighted by atomic mass is 32.2. The van der Waals surface area contributed by atoms with Crippen LogP contribution in [0.4, 0.5) is 13.2 Å². The molecule has 0 saturated carbocycles. The first kappa shape index (κ1) is 29.7. The van der Waals surface area contributed by atoms with Crippen LogP contribution in [0.15, 0.2) is 77.7 Å². The van der Waals surface area contributed by atoms with Crippen LogP contribution in [0.1, 0.15) is 56.8 Å². The van der Waals surface area contributed by atoms with Gasteiger partial charge in [-0.1, -0.05) is 54.1 Å². The maximum atomic E-state index is 14.4. The molecular formula is C30H32F3NO5S. The van der Waals surface area contributed by atoms with Gasteiger partial charge in [0.1, 0.15) is 17.4 Å². The van der Waals surface area contributed by atoms with E-state index < -0.39 is 62.5 Å². The van der Waals surface area contributed by atoms with Crippen molar-refractivity contribution < 1.29 is 35.9 Å². The molecule has 214 valence electrons. The summed E-state index contributed by atoms with van der Waals surface area (Å²) in [4.78, 5) is 27.4. The van der Waals surface area contributed by atoms with Crippen LogP contribution in [0.2, 0.25) is 0 Å². The molecule has 0 amide bonds. The molecule has 0 bridgehead atoms. The topological polar surface area (TPSA) is 80.8 Å². The van der Waals surface area contributed by atoms with Gasteiger partial charge < -0.3 is 4.74 Å². The smallest absolute Gasteiger partial charge is 0.416 e. The molecule has 10 heteroatoms. The number of allylic oxidation sites excluding steroid dienone is 3. The van der Waals surface area contributed by atoms with Crippen molar-refractivity contribution in [2.24, 2.45) is 11.3 Å². The zero-order chi connectivity index (χ0) is 29.7. The summed E-state index contributed by atoms with van der Waals surface area (Å²) in [5.74, 6) is -2.14. The largest absolute Gasteiger partial charge is 0.459 e. The number of halogens is 3. The maximum Gasteiger partial charge on any atom is 0.416 e. The molecule has 0 unspecified atom stereocenters. The number of ether oxygens (including phenoxy) is 1. The van der Waals surface area contributed by atoms with Crippen LogP contribution in [0, 0.1) is 18.3 Å². The van der Waals surface area contributed by atoms with Crippen LogP contribution < -0.4 is 0 Å². The molecule has 1 saturated heterocycles. The quantitative estimate of drug-likeness (QED) is 0.398. The third-order valence-corrected chi connectivity index (χ3v) is 9.25. The minimum absolute atomic E-state index is 0.113. The van der Waals surface area contributed by atoms with Gasteiger partial charge in [-0.25, -0.2) is 8.42 Å². The number of benzene rings is 2. The highest BCUT2D eigenvalue weighted by molar-refractivity contribution is 7.89. The molecule has 40 heavy (non-hydrogen) atoms. The van der Waals surface area contributed by atoms with Gasteiger partial charge in [-0.15, -0.1) is 0 Å². The van der Waals surface area contributed by atoms with Crippen LogP contribution >= 0.6 is 0 Å². The van der Waals surface area contributed by atoms with Crippen molar-refractivity contribution in [2.75, 3.05) is 0 Å². The number of rotatable bonds is 5. The molecule has 1 aliphatic heterocycles. The summed E-state index contributed by atoms with van der Waals surface area (Å²) < 4.78 is 75.8. The predicted molar refractivity (Wildman–Crippen MR) is 144 cm³/mol. The normalized spacial score (nSPS) is 25.4. The molecule has 2 aliphatic rings. The van der Waals surface area contributed by atoms with Crippen molar-refractivity contribution in [2.45, 2.75) is 69.8 Å². The maximum absolute atomic E-state index is 14.4. The van der Waals surface area contributed by atoms with Gasteiger partial charge in [-0.3, -0.25) is 9.59 Å². The highest BCUT2D eigenvalue weighted by Crippen LogP contribution is 2.59. The lowest BCUT2D eigenvalue weighted by Gasteiger charge is -2.36. The van der Waals surface area contributed by atoms with Crippen LogP contribution in [-0.4, -0.2) is 36.1 Å². The standard InChI is InChI=1S/C30H32F3NO5S/c1-19-10-16-23(17-11-19)40(37,38)34-25(27(36)39-28(3,4)5)24-9-7-6-8-18-29(24,20(2)35)26(34)21-12-14-22(15-13-21)30(31,32)33/h6-8,10-18,24-26H,9H2,1-5H3/t24-,25+,26+,29+/m1/s1. The zero-order valence-electron chi connectivity index (χ0n) is 22.9. The SMILES string of the molecule is CC(=O)[C@@]12C=CC=CC[C@@H]1[C@@H](C(=O)OC(C)(C)C)N(S(=O)(=O)c1ccc(C)cc1)[C@H]2c1ccc(C(F)(F)F)cc1. The summed E-state index contributed by atoms with van der Waals surface area (Å²) in [6.07, 6.45) is 2.19. The Morgan fingerprint density at radius 3 is 2.10 bits per heavy atom. The van der Waals surface area contributed by atoms with Crippen molar-refractivity contribution in [3.8, 4) is 0 Å². The van der Waals surface area contributed by atoms with Gasteiger partial charge in [0, 0.05) is 5.92 Å². The number of aryl methyl sites for hydroxylation is 1. The van der Waals surface area contributed by atoms with E-state index in [0.717, 1.165) is 22.0 Å². The summed E-state index contributed by atoms with van der Waals surface area (Å²) in [6.45, 7) is 8.06. The number of hydrogen-bond acceptors (Lipinski definition) is 5. The van der Waals surface area contributed by atoms with Gasteiger partial charge in [0.15, 0.2) is 0 Å². The Kier molecular flexibility index (Phi) is 7.66. The van der Waals surface area contributed by atoms with Gasteiger partial charge in [0.05, 0.1) is 21.9 Å². The Hall–Kier alpha value is -3.24. The predicted octanol–water partition coefficient (Wildman–Crippen LogP) is 6.18. The molecule has 2 aromatic rings. The number of esters is 1. The second kappa shape index (κ2) is 10.3. The van der Waals surface area contributed by atoms with Crippen molar-refractivity contribution in [3.63, 3.8) is 0 Å². The van der Waals surface area contributed by atoms with E-state index in [1.165, 1.54) is 31.2 Å². The summed E-state index contributed by atoms with van der Waals surface area (Å²) in [6, 6.07) is 7.35. The molecule has 0 radical (unpaired) electrons. The number of ketones is 1. The Bertz CT molecular complexity index is 1450. The van der Waals surface area contributed by atoms with Gasteiger partial charge >= 0.3 is 12.1 Å². The lowest BCUT2D eigenvalue weighted by Crippen LogP contribution is -2.46. The molecule has 0 spiro atoms. The number of hydrogen-bond donors (Lipinski definition) is 0. The van der Waals surface area contributed by atoms with E-state index in [1.807, 2.05) is 0 Å². The second-order valence-electron chi connectivity index (χ2n) is 11.3. The van der Waals surface area contributed by atoms with Crippen molar-refractivity contribution in [3.05, 3.63) is 89.5 Å². The number of fused-ring (bicyclic) bond motifs is 1. The third kappa shape index (κ3) is 5.26. The minimum atomic E-state index is -4.62. The summed E-state index contributed by atoms with van der Waals surface area (Å²) >= 11 is 0. The van der Waals surface area contributed by atoms with Gasteiger partial charge in [-0.2, -0.15) is 17.5 Å². The molecule has 4 rings (SSSR count). The fourth-order valence-electron chi connectivity index (χ4n) is 5.67. The lowest BCUT2D eigenvalue weighted by molar-refractivity contribution is -0.160. The zero-order valence-corrected chi connectivity index (χ0v) is 23.7. The Morgan fingerprint density at radius 2 is 1.57 bits per heavy atom. The van der Waals surface area contributed by atoms with E-state index >= 15 is 0 Å². The molecule has 6 nitrogen and oxygen atoms in total. The van der Waals surface area contributed by atoms with Crippen LogP contribution in [0.3, 0.4) is 0 Å². The first-order valence-electron chi connectivity index (χ1n) is 12.9. The number of alkyl halides is 3.